The zero-order valence-corrected chi connectivity index (χ0v) is 16.1. The molecule has 4 rings (SSSR count). The third-order valence-electron chi connectivity index (χ3n) is 4.36. The smallest absolute Gasteiger partial charge is 0.223 e. The maximum Gasteiger partial charge on any atom is 0.223 e. The third kappa shape index (κ3) is 4.02. The van der Waals surface area contributed by atoms with Gasteiger partial charge in [0, 0.05) is 18.0 Å². The Labute approximate surface area is 169 Å². The van der Waals surface area contributed by atoms with Crippen molar-refractivity contribution >= 4 is 41.3 Å². The Hall–Kier alpha value is -3.24. The highest BCUT2D eigenvalue weighted by Crippen LogP contribution is 2.30. The third-order valence-corrected chi connectivity index (χ3v) is 4.36. The Morgan fingerprint density at radius 3 is 2.29 bits per heavy atom. The second-order valence-electron chi connectivity index (χ2n) is 6.14. The fourth-order valence-corrected chi connectivity index (χ4v) is 3.03. The van der Waals surface area contributed by atoms with Crippen molar-refractivity contribution in [3.63, 3.8) is 0 Å². The van der Waals surface area contributed by atoms with Crippen LogP contribution in [0.4, 0.5) is 10.3 Å². The summed E-state index contributed by atoms with van der Waals surface area (Å²) in [6.45, 7) is 0. The van der Waals surface area contributed by atoms with Crippen LogP contribution in [0.3, 0.4) is 0 Å². The van der Waals surface area contributed by atoms with Crippen molar-refractivity contribution in [3.05, 3.63) is 89.9 Å². The molecule has 3 nitrogen and oxygen atoms in total. The van der Waals surface area contributed by atoms with Gasteiger partial charge < -0.3 is 5.32 Å². The van der Waals surface area contributed by atoms with Crippen LogP contribution < -0.4 is 5.32 Å². The molecule has 140 valence electrons. The number of hydrogen-bond acceptors (Lipinski definition) is 3. The normalized spacial score (nSPS) is 10.8. The number of rotatable bonds is 4. The molecule has 4 aromatic rings. The van der Waals surface area contributed by atoms with E-state index in [4.69, 9.17) is 0 Å². The van der Waals surface area contributed by atoms with Gasteiger partial charge in [-0.25, -0.2) is 14.4 Å². The van der Waals surface area contributed by atoms with Crippen molar-refractivity contribution in [2.45, 2.75) is 0 Å². The average Bonchev–Trinajstić information content (AvgIpc) is 2.73. The SMILES string of the molecule is CNc1nc(C=Cc2ccccc2)cc(-c2ccc(F)c3ccccc23)n1.Cl. The number of benzene rings is 3. The van der Waals surface area contributed by atoms with Crippen LogP contribution in [0.2, 0.25) is 0 Å². The zero-order valence-electron chi connectivity index (χ0n) is 15.3. The maximum absolute atomic E-state index is 14.2. The minimum atomic E-state index is -0.235. The van der Waals surface area contributed by atoms with Crippen LogP contribution in [0.1, 0.15) is 11.3 Å². The van der Waals surface area contributed by atoms with Gasteiger partial charge in [-0.05, 0) is 35.2 Å². The van der Waals surface area contributed by atoms with Gasteiger partial charge in [-0.2, -0.15) is 0 Å². The van der Waals surface area contributed by atoms with Crippen LogP contribution in [0.25, 0.3) is 34.2 Å². The van der Waals surface area contributed by atoms with Crippen LogP contribution in [-0.2, 0) is 0 Å². The molecule has 0 radical (unpaired) electrons. The molecule has 0 aliphatic rings. The highest BCUT2D eigenvalue weighted by Gasteiger charge is 2.10. The molecule has 0 saturated carbocycles. The van der Waals surface area contributed by atoms with E-state index in [1.165, 1.54) is 6.07 Å². The molecule has 0 aliphatic carbocycles. The molecule has 0 atom stereocenters. The van der Waals surface area contributed by atoms with Gasteiger partial charge in [0.25, 0.3) is 0 Å². The van der Waals surface area contributed by atoms with Gasteiger partial charge in [0.15, 0.2) is 0 Å². The molecule has 0 unspecified atom stereocenters. The van der Waals surface area contributed by atoms with E-state index in [1.54, 1.807) is 19.2 Å². The van der Waals surface area contributed by atoms with Crippen molar-refractivity contribution < 1.29 is 4.39 Å². The standard InChI is InChI=1S/C23H18FN3.ClH/c1-25-23-26-17(12-11-16-7-3-2-4-8-16)15-22(27-23)20-13-14-21(24)19-10-6-5-9-18(19)20;/h2-15H,1H3,(H,25,26,27);1H. The summed E-state index contributed by atoms with van der Waals surface area (Å²) in [6.07, 6.45) is 3.96. The van der Waals surface area contributed by atoms with Crippen molar-refractivity contribution in [3.8, 4) is 11.3 Å². The van der Waals surface area contributed by atoms with E-state index in [1.807, 2.05) is 66.7 Å². The van der Waals surface area contributed by atoms with Crippen molar-refractivity contribution in [2.24, 2.45) is 0 Å². The maximum atomic E-state index is 14.2. The molecule has 0 fully saturated rings. The van der Waals surface area contributed by atoms with Crippen LogP contribution in [0.15, 0.2) is 72.8 Å². The molecule has 5 heteroatoms. The number of anilines is 1. The van der Waals surface area contributed by atoms with E-state index in [0.29, 0.717) is 11.3 Å². The van der Waals surface area contributed by atoms with E-state index in [-0.39, 0.29) is 18.2 Å². The number of aromatic nitrogens is 2. The predicted molar refractivity (Wildman–Crippen MR) is 117 cm³/mol. The Morgan fingerprint density at radius 2 is 1.54 bits per heavy atom. The van der Waals surface area contributed by atoms with Crippen LogP contribution >= 0.6 is 12.4 Å². The summed E-state index contributed by atoms with van der Waals surface area (Å²) in [5.41, 5.74) is 3.50. The van der Waals surface area contributed by atoms with E-state index in [0.717, 1.165) is 27.9 Å². The van der Waals surface area contributed by atoms with E-state index < -0.39 is 0 Å². The number of nitrogens with zero attached hydrogens (tertiary/aromatic N) is 2. The van der Waals surface area contributed by atoms with Crippen molar-refractivity contribution in [1.29, 1.82) is 0 Å². The lowest BCUT2D eigenvalue weighted by molar-refractivity contribution is 0.640. The first-order valence-corrected chi connectivity index (χ1v) is 8.72. The van der Waals surface area contributed by atoms with Gasteiger partial charge in [0.2, 0.25) is 5.95 Å². The summed E-state index contributed by atoms with van der Waals surface area (Å²) in [7, 11) is 1.78. The highest BCUT2D eigenvalue weighted by atomic mass is 35.5. The molecule has 0 bridgehead atoms. The Kier molecular flexibility index (Phi) is 6.02. The Bertz CT molecular complexity index is 1130. The largest absolute Gasteiger partial charge is 0.357 e. The summed E-state index contributed by atoms with van der Waals surface area (Å²) >= 11 is 0. The Morgan fingerprint density at radius 1 is 0.821 bits per heavy atom. The van der Waals surface area contributed by atoms with Gasteiger partial charge in [-0.1, -0.05) is 60.7 Å². The van der Waals surface area contributed by atoms with Crippen molar-refractivity contribution in [1.82, 2.24) is 9.97 Å². The molecule has 0 saturated heterocycles. The Balaban J connectivity index is 0.00000225. The summed E-state index contributed by atoms with van der Waals surface area (Å²) < 4.78 is 14.2. The first-order valence-electron chi connectivity index (χ1n) is 8.72. The van der Waals surface area contributed by atoms with Gasteiger partial charge in [0.1, 0.15) is 5.82 Å². The number of halogens is 2. The second kappa shape index (κ2) is 8.63. The monoisotopic (exact) mass is 391 g/mol. The zero-order chi connectivity index (χ0) is 18.6. The number of nitrogens with one attached hydrogen (secondary N) is 1. The molecule has 0 amide bonds. The topological polar surface area (TPSA) is 37.8 Å². The molecule has 0 spiro atoms. The lowest BCUT2D eigenvalue weighted by Gasteiger charge is -2.09. The summed E-state index contributed by atoms with van der Waals surface area (Å²) in [5, 5.41) is 4.42. The molecule has 1 heterocycles. The molecular weight excluding hydrogens is 373 g/mol. The summed E-state index contributed by atoms with van der Waals surface area (Å²) in [4.78, 5) is 9.09. The van der Waals surface area contributed by atoms with Gasteiger partial charge in [0.05, 0.1) is 11.4 Å². The van der Waals surface area contributed by atoms with Crippen LogP contribution in [0, 0.1) is 5.82 Å². The number of fused-ring (bicyclic) bond motifs is 1. The van der Waals surface area contributed by atoms with Gasteiger partial charge in [-0.15, -0.1) is 12.4 Å². The lowest BCUT2D eigenvalue weighted by atomic mass is 10.0. The van der Waals surface area contributed by atoms with Crippen LogP contribution in [0.5, 0.6) is 0 Å². The second-order valence-corrected chi connectivity index (χ2v) is 6.14. The summed E-state index contributed by atoms with van der Waals surface area (Å²) in [6, 6.07) is 22.6. The van der Waals surface area contributed by atoms with Crippen molar-refractivity contribution in [2.75, 3.05) is 12.4 Å². The number of hydrogen-bond donors (Lipinski definition) is 1. The molecule has 28 heavy (non-hydrogen) atoms. The molecule has 0 aliphatic heterocycles. The first kappa shape index (κ1) is 19.5. The quantitative estimate of drug-likeness (QED) is 0.458. The molecule has 1 N–H and O–H groups in total. The summed E-state index contributed by atoms with van der Waals surface area (Å²) in [5.74, 6) is 0.287. The molecule has 1 aromatic heterocycles. The highest BCUT2D eigenvalue weighted by molar-refractivity contribution is 5.96. The van der Waals surface area contributed by atoms with E-state index in [2.05, 4.69) is 15.3 Å². The fourth-order valence-electron chi connectivity index (χ4n) is 3.03. The molecule has 3 aromatic carbocycles. The van der Waals surface area contributed by atoms with E-state index in [9.17, 15) is 4.39 Å². The van der Waals surface area contributed by atoms with Gasteiger partial charge >= 0.3 is 0 Å². The minimum Gasteiger partial charge on any atom is -0.357 e. The predicted octanol–water partition coefficient (Wildman–Crippen LogP) is 6.07. The average molecular weight is 392 g/mol. The lowest BCUT2D eigenvalue weighted by Crippen LogP contribution is -2.00. The van der Waals surface area contributed by atoms with Crippen LogP contribution in [-0.4, -0.2) is 17.0 Å². The minimum absolute atomic E-state index is 0. The fraction of sp³-hybridized carbons (Fsp3) is 0.0435. The van der Waals surface area contributed by atoms with Gasteiger partial charge in [-0.3, -0.25) is 0 Å². The van der Waals surface area contributed by atoms with E-state index >= 15 is 0 Å². The first-order chi connectivity index (χ1) is 13.2. The molecular formula is C23H19ClFN3.